The van der Waals surface area contributed by atoms with Crippen molar-refractivity contribution in [2.75, 3.05) is 31.9 Å². The summed E-state index contributed by atoms with van der Waals surface area (Å²) in [6.45, 7) is 0. The Morgan fingerprint density at radius 3 is 1.06 bits per heavy atom. The van der Waals surface area contributed by atoms with Gasteiger partial charge in [0.05, 0.1) is 22.5 Å². The van der Waals surface area contributed by atoms with Gasteiger partial charge in [-0.3, -0.25) is 19.2 Å². The van der Waals surface area contributed by atoms with Crippen LogP contribution in [0.15, 0.2) is 158 Å². The molecular weight excluding hydrogens is 665 g/mol. The predicted octanol–water partition coefficient (Wildman–Crippen LogP) is 9.43. The normalized spacial score (nSPS) is 10.4. The second kappa shape index (κ2) is 17.6. The molecule has 0 saturated carbocycles. The van der Waals surface area contributed by atoms with Crippen molar-refractivity contribution < 1.29 is 19.2 Å². The fraction of sp³-hybridized carbons (Fsp3) is 0.0698. The second-order valence-electron chi connectivity index (χ2n) is 12.1. The van der Waals surface area contributed by atoms with E-state index in [2.05, 4.69) is 31.9 Å². The number of rotatable bonds is 14. The van der Waals surface area contributed by atoms with E-state index < -0.39 is 0 Å². The number of anilines is 8. The number of carbonyl (C=O) groups is 4. The van der Waals surface area contributed by atoms with Crippen LogP contribution in [0.4, 0.5) is 45.5 Å². The third-order valence-corrected chi connectivity index (χ3v) is 8.11. The van der Waals surface area contributed by atoms with E-state index >= 15 is 0 Å². The van der Waals surface area contributed by atoms with E-state index in [-0.39, 0.29) is 42.9 Å². The average molecular weight is 703 g/mol. The van der Waals surface area contributed by atoms with Gasteiger partial charge in [-0.1, -0.05) is 60.7 Å². The summed E-state index contributed by atoms with van der Waals surface area (Å²) >= 11 is 0. The van der Waals surface area contributed by atoms with Crippen LogP contribution in [-0.2, 0) is 9.59 Å². The van der Waals surface area contributed by atoms with Crippen molar-refractivity contribution in [1.82, 2.24) is 0 Å². The Balaban J connectivity index is 0.965. The van der Waals surface area contributed by atoms with Crippen molar-refractivity contribution in [3.05, 3.63) is 169 Å². The first-order valence-electron chi connectivity index (χ1n) is 17.1. The van der Waals surface area contributed by atoms with Gasteiger partial charge in [-0.25, -0.2) is 0 Å². The summed E-state index contributed by atoms with van der Waals surface area (Å²) in [5.41, 5.74) is 6.20. The van der Waals surface area contributed by atoms with Gasteiger partial charge < -0.3 is 31.9 Å². The smallest absolute Gasteiger partial charge is 0.257 e. The number of para-hydroxylation sites is 4. The maximum absolute atomic E-state index is 13.2. The van der Waals surface area contributed by atoms with Crippen LogP contribution in [0.1, 0.15) is 40.0 Å². The van der Waals surface area contributed by atoms with Crippen molar-refractivity contribution in [3.8, 4) is 0 Å². The summed E-state index contributed by atoms with van der Waals surface area (Å²) in [6, 6.07) is 47.7. The minimum absolute atomic E-state index is 0.0521. The Hall–Kier alpha value is -7.20. The molecule has 4 amide bonds. The monoisotopic (exact) mass is 702 g/mol. The van der Waals surface area contributed by atoms with Gasteiger partial charge in [0.15, 0.2) is 0 Å². The zero-order chi connectivity index (χ0) is 36.8. The lowest BCUT2D eigenvalue weighted by Gasteiger charge is -2.13. The van der Waals surface area contributed by atoms with Gasteiger partial charge in [0, 0.05) is 47.0 Å². The van der Waals surface area contributed by atoms with Crippen LogP contribution < -0.4 is 31.9 Å². The zero-order valence-corrected chi connectivity index (χ0v) is 28.8. The third kappa shape index (κ3) is 10.4. The predicted molar refractivity (Wildman–Crippen MR) is 212 cm³/mol. The molecule has 0 bridgehead atoms. The van der Waals surface area contributed by atoms with E-state index in [1.54, 1.807) is 72.8 Å². The summed E-state index contributed by atoms with van der Waals surface area (Å²) in [5.74, 6) is -1.41. The highest BCUT2D eigenvalue weighted by atomic mass is 16.2. The van der Waals surface area contributed by atoms with Crippen LogP contribution in [0.5, 0.6) is 0 Å². The van der Waals surface area contributed by atoms with Crippen molar-refractivity contribution >= 4 is 69.1 Å². The molecular formula is C43H38N6O4. The van der Waals surface area contributed by atoms with E-state index in [1.165, 1.54) is 0 Å². The van der Waals surface area contributed by atoms with Crippen molar-refractivity contribution in [3.63, 3.8) is 0 Å². The Morgan fingerprint density at radius 2 is 0.660 bits per heavy atom. The van der Waals surface area contributed by atoms with Gasteiger partial charge in [-0.2, -0.15) is 0 Å². The lowest BCUT2D eigenvalue weighted by atomic mass is 10.1. The Bertz CT molecular complexity index is 2020. The SMILES string of the molecule is O=C(CCCC(=O)Nc1ccccc1C(=O)Nc1ccc(Nc2ccccc2)cc1)Nc1ccccc1C(=O)Nc1ccc(Nc2ccccc2)cc1. The van der Waals surface area contributed by atoms with Gasteiger partial charge in [0.1, 0.15) is 0 Å². The van der Waals surface area contributed by atoms with Crippen LogP contribution in [0, 0.1) is 0 Å². The van der Waals surface area contributed by atoms with Crippen LogP contribution in [0.25, 0.3) is 0 Å². The Kier molecular flexibility index (Phi) is 11.9. The molecule has 0 aliphatic rings. The number of hydrogen-bond donors (Lipinski definition) is 6. The molecule has 0 fully saturated rings. The molecule has 6 aromatic rings. The number of hydrogen-bond acceptors (Lipinski definition) is 6. The van der Waals surface area contributed by atoms with Gasteiger partial charge in [-0.05, 0) is 103 Å². The number of benzene rings is 6. The summed E-state index contributed by atoms with van der Waals surface area (Å²) in [7, 11) is 0. The maximum Gasteiger partial charge on any atom is 0.257 e. The molecule has 6 rings (SSSR count). The van der Waals surface area contributed by atoms with E-state index in [4.69, 9.17) is 0 Å². The summed E-state index contributed by atoms with van der Waals surface area (Å²) in [4.78, 5) is 52.0. The van der Waals surface area contributed by atoms with Crippen LogP contribution in [0.3, 0.4) is 0 Å². The molecule has 10 heteroatoms. The Morgan fingerprint density at radius 1 is 0.340 bits per heavy atom. The first kappa shape index (κ1) is 35.6. The van der Waals surface area contributed by atoms with Crippen LogP contribution in [0.2, 0.25) is 0 Å². The van der Waals surface area contributed by atoms with Gasteiger partial charge >= 0.3 is 0 Å². The molecule has 0 aliphatic carbocycles. The number of nitrogens with one attached hydrogen (secondary N) is 6. The average Bonchev–Trinajstić information content (AvgIpc) is 3.17. The summed E-state index contributed by atoms with van der Waals surface area (Å²) in [5, 5.41) is 18.0. The van der Waals surface area contributed by atoms with Crippen molar-refractivity contribution in [2.45, 2.75) is 19.3 Å². The minimum atomic E-state index is -0.371. The molecule has 0 saturated heterocycles. The van der Waals surface area contributed by atoms with E-state index in [0.29, 0.717) is 33.9 Å². The molecule has 6 N–H and O–H groups in total. The second-order valence-corrected chi connectivity index (χ2v) is 12.1. The summed E-state index contributed by atoms with van der Waals surface area (Å²) in [6.07, 6.45) is 0.361. The van der Waals surface area contributed by atoms with Crippen LogP contribution in [-0.4, -0.2) is 23.6 Å². The molecule has 0 aliphatic heterocycles. The fourth-order valence-corrected chi connectivity index (χ4v) is 5.46. The molecule has 0 heterocycles. The molecule has 0 atom stereocenters. The zero-order valence-electron chi connectivity index (χ0n) is 28.8. The minimum Gasteiger partial charge on any atom is -0.356 e. The fourth-order valence-electron chi connectivity index (χ4n) is 5.46. The first-order valence-corrected chi connectivity index (χ1v) is 17.1. The third-order valence-electron chi connectivity index (χ3n) is 8.11. The van der Waals surface area contributed by atoms with Crippen molar-refractivity contribution in [2.24, 2.45) is 0 Å². The van der Waals surface area contributed by atoms with Crippen LogP contribution >= 0.6 is 0 Å². The first-order chi connectivity index (χ1) is 25.9. The van der Waals surface area contributed by atoms with E-state index in [0.717, 1.165) is 22.7 Å². The molecule has 0 unspecified atom stereocenters. The molecule has 264 valence electrons. The molecule has 10 nitrogen and oxygen atoms in total. The van der Waals surface area contributed by atoms with Gasteiger partial charge in [-0.15, -0.1) is 0 Å². The van der Waals surface area contributed by atoms with Crippen molar-refractivity contribution in [1.29, 1.82) is 0 Å². The highest BCUT2D eigenvalue weighted by Crippen LogP contribution is 2.23. The lowest BCUT2D eigenvalue weighted by Crippen LogP contribution is -2.19. The molecule has 0 radical (unpaired) electrons. The highest BCUT2D eigenvalue weighted by molar-refractivity contribution is 6.11. The molecule has 0 aromatic heterocycles. The molecule has 0 spiro atoms. The number of amides is 4. The maximum atomic E-state index is 13.2. The summed E-state index contributed by atoms with van der Waals surface area (Å²) < 4.78 is 0. The molecule has 53 heavy (non-hydrogen) atoms. The highest BCUT2D eigenvalue weighted by Gasteiger charge is 2.16. The molecule has 6 aromatic carbocycles. The van der Waals surface area contributed by atoms with E-state index in [9.17, 15) is 19.2 Å². The lowest BCUT2D eigenvalue weighted by molar-refractivity contribution is -0.117. The quantitative estimate of drug-likeness (QED) is 0.0668. The Labute approximate surface area is 307 Å². The van der Waals surface area contributed by atoms with Gasteiger partial charge in [0.25, 0.3) is 11.8 Å². The number of carbonyl (C=O) groups excluding carboxylic acids is 4. The largest absolute Gasteiger partial charge is 0.356 e. The standard InChI is InChI=1S/C43H38N6O4/c50-40(48-38-18-9-7-16-36(38)42(52)46-34-26-22-32(23-27-34)44-30-12-3-1-4-13-30)20-11-21-41(51)49-39-19-10-8-17-37(39)43(53)47-35-28-24-33(25-29-35)45-31-14-5-2-6-15-31/h1-10,12-19,22-29,44-45H,11,20-21H2,(H,46,52)(H,47,53)(H,48,50)(H,49,51). The topological polar surface area (TPSA) is 140 Å². The van der Waals surface area contributed by atoms with E-state index in [1.807, 2.05) is 84.9 Å². The van der Waals surface area contributed by atoms with Gasteiger partial charge in [0.2, 0.25) is 11.8 Å².